The first-order chi connectivity index (χ1) is 10.8. The van der Waals surface area contributed by atoms with Gasteiger partial charge in [-0.15, -0.1) is 24.0 Å². The van der Waals surface area contributed by atoms with Crippen LogP contribution in [0.25, 0.3) is 0 Å². The van der Waals surface area contributed by atoms with Gasteiger partial charge in [-0.25, -0.2) is 4.99 Å². The zero-order valence-corrected chi connectivity index (χ0v) is 16.4. The van der Waals surface area contributed by atoms with Crippen LogP contribution < -0.4 is 20.1 Å². The Morgan fingerprint density at radius 2 is 1.91 bits per heavy atom. The lowest BCUT2D eigenvalue weighted by Gasteiger charge is -2.11. The highest BCUT2D eigenvalue weighted by molar-refractivity contribution is 14.0. The summed E-state index contributed by atoms with van der Waals surface area (Å²) >= 11 is 0. The molecule has 23 heavy (non-hydrogen) atoms. The number of nitrogens with zero attached hydrogens (tertiary/aromatic N) is 1. The Hall–Kier alpha value is -1.18. The van der Waals surface area contributed by atoms with Gasteiger partial charge in [-0.1, -0.05) is 19.4 Å². The van der Waals surface area contributed by atoms with E-state index in [2.05, 4.69) is 29.5 Å². The summed E-state index contributed by atoms with van der Waals surface area (Å²) in [5.41, 5.74) is 1.12. The SMILES string of the molecule is CCCCNC(=NCc1ccc2c(c1)OCCCO2)NCC.I. The van der Waals surface area contributed by atoms with Crippen LogP contribution in [0, 0.1) is 0 Å². The van der Waals surface area contributed by atoms with Crippen LogP contribution in [-0.4, -0.2) is 32.3 Å². The fourth-order valence-corrected chi connectivity index (χ4v) is 2.20. The molecule has 0 radical (unpaired) electrons. The van der Waals surface area contributed by atoms with Crippen LogP contribution in [0.1, 0.15) is 38.7 Å². The van der Waals surface area contributed by atoms with Crippen LogP contribution in [0.4, 0.5) is 0 Å². The van der Waals surface area contributed by atoms with Gasteiger partial charge in [-0.05, 0) is 31.0 Å². The Morgan fingerprint density at radius 1 is 1.13 bits per heavy atom. The molecule has 0 saturated carbocycles. The highest BCUT2D eigenvalue weighted by Gasteiger charge is 2.10. The number of nitrogens with one attached hydrogen (secondary N) is 2. The van der Waals surface area contributed by atoms with Gasteiger partial charge in [0, 0.05) is 19.5 Å². The molecule has 1 aliphatic rings. The molecule has 0 aliphatic carbocycles. The molecule has 130 valence electrons. The fourth-order valence-electron chi connectivity index (χ4n) is 2.20. The lowest BCUT2D eigenvalue weighted by atomic mass is 10.2. The van der Waals surface area contributed by atoms with Gasteiger partial charge in [0.05, 0.1) is 19.8 Å². The average Bonchev–Trinajstić information content (AvgIpc) is 2.77. The molecule has 1 aromatic carbocycles. The van der Waals surface area contributed by atoms with E-state index in [0.29, 0.717) is 13.2 Å². The number of aliphatic imine (C=N–C) groups is 1. The van der Waals surface area contributed by atoms with Gasteiger partial charge in [0.15, 0.2) is 17.5 Å². The predicted octanol–water partition coefficient (Wildman–Crippen LogP) is 3.32. The second-order valence-corrected chi connectivity index (χ2v) is 5.31. The van der Waals surface area contributed by atoms with Crippen LogP contribution in [-0.2, 0) is 6.54 Å². The van der Waals surface area contributed by atoms with E-state index < -0.39 is 0 Å². The third-order valence-electron chi connectivity index (χ3n) is 3.40. The molecule has 0 saturated heterocycles. The van der Waals surface area contributed by atoms with Gasteiger partial charge >= 0.3 is 0 Å². The minimum Gasteiger partial charge on any atom is -0.490 e. The summed E-state index contributed by atoms with van der Waals surface area (Å²) in [5.74, 6) is 2.52. The number of fused-ring (bicyclic) bond motifs is 1. The number of unbranched alkanes of at least 4 members (excludes halogenated alkanes) is 1. The average molecular weight is 433 g/mol. The molecule has 2 N–H and O–H groups in total. The zero-order chi connectivity index (χ0) is 15.6. The minimum atomic E-state index is 0. The highest BCUT2D eigenvalue weighted by atomic mass is 127. The fraction of sp³-hybridized carbons (Fsp3) is 0.588. The highest BCUT2D eigenvalue weighted by Crippen LogP contribution is 2.30. The molecular weight excluding hydrogens is 405 g/mol. The summed E-state index contributed by atoms with van der Waals surface area (Å²) in [6.45, 7) is 8.12. The summed E-state index contributed by atoms with van der Waals surface area (Å²) in [4.78, 5) is 4.63. The second-order valence-electron chi connectivity index (χ2n) is 5.31. The van der Waals surface area contributed by atoms with Crippen molar-refractivity contribution in [2.24, 2.45) is 4.99 Å². The molecule has 0 atom stereocenters. The lowest BCUT2D eigenvalue weighted by molar-refractivity contribution is 0.297. The van der Waals surface area contributed by atoms with Crippen molar-refractivity contribution in [3.8, 4) is 11.5 Å². The molecule has 6 heteroatoms. The molecule has 2 rings (SSSR count). The number of hydrogen-bond acceptors (Lipinski definition) is 3. The Morgan fingerprint density at radius 3 is 2.65 bits per heavy atom. The van der Waals surface area contributed by atoms with E-state index in [1.54, 1.807) is 0 Å². The van der Waals surface area contributed by atoms with Gasteiger partial charge in [0.2, 0.25) is 0 Å². The number of benzene rings is 1. The molecule has 0 spiro atoms. The monoisotopic (exact) mass is 433 g/mol. The van der Waals surface area contributed by atoms with Crippen molar-refractivity contribution in [2.45, 2.75) is 39.7 Å². The number of halogens is 1. The quantitative estimate of drug-likeness (QED) is 0.313. The molecule has 1 heterocycles. The van der Waals surface area contributed by atoms with E-state index in [-0.39, 0.29) is 24.0 Å². The Labute approximate surface area is 156 Å². The normalized spacial score (nSPS) is 13.7. The first-order valence-corrected chi connectivity index (χ1v) is 8.24. The van der Waals surface area contributed by atoms with E-state index in [4.69, 9.17) is 9.47 Å². The van der Waals surface area contributed by atoms with E-state index >= 15 is 0 Å². The lowest BCUT2D eigenvalue weighted by Crippen LogP contribution is -2.37. The summed E-state index contributed by atoms with van der Waals surface area (Å²) in [6.07, 6.45) is 3.25. The van der Waals surface area contributed by atoms with Crippen LogP contribution in [0.5, 0.6) is 11.5 Å². The van der Waals surface area contributed by atoms with Crippen molar-refractivity contribution < 1.29 is 9.47 Å². The largest absolute Gasteiger partial charge is 0.490 e. The number of rotatable bonds is 6. The van der Waals surface area contributed by atoms with Gasteiger partial charge in [-0.2, -0.15) is 0 Å². The maximum absolute atomic E-state index is 5.72. The van der Waals surface area contributed by atoms with E-state index in [1.165, 1.54) is 6.42 Å². The maximum atomic E-state index is 5.72. The van der Waals surface area contributed by atoms with Crippen molar-refractivity contribution in [1.29, 1.82) is 0 Å². The second kappa shape index (κ2) is 11.4. The van der Waals surface area contributed by atoms with Crippen molar-refractivity contribution in [3.63, 3.8) is 0 Å². The van der Waals surface area contributed by atoms with Crippen LogP contribution >= 0.6 is 24.0 Å². The van der Waals surface area contributed by atoms with Gasteiger partial charge in [-0.3, -0.25) is 0 Å². The van der Waals surface area contributed by atoms with Crippen LogP contribution in [0.3, 0.4) is 0 Å². The Balaban J connectivity index is 0.00000264. The Kier molecular flexibility index (Phi) is 9.82. The predicted molar refractivity (Wildman–Crippen MR) is 105 cm³/mol. The summed E-state index contributed by atoms with van der Waals surface area (Å²) in [5, 5.41) is 6.61. The first-order valence-electron chi connectivity index (χ1n) is 8.24. The van der Waals surface area contributed by atoms with E-state index in [9.17, 15) is 0 Å². The van der Waals surface area contributed by atoms with Crippen molar-refractivity contribution in [3.05, 3.63) is 23.8 Å². The third-order valence-corrected chi connectivity index (χ3v) is 3.40. The van der Waals surface area contributed by atoms with Crippen LogP contribution in [0.2, 0.25) is 0 Å². The molecule has 1 aromatic rings. The summed E-state index contributed by atoms with van der Waals surface area (Å²) in [6, 6.07) is 6.05. The van der Waals surface area contributed by atoms with Crippen molar-refractivity contribution in [1.82, 2.24) is 10.6 Å². The van der Waals surface area contributed by atoms with Crippen molar-refractivity contribution >= 4 is 29.9 Å². The molecule has 0 bridgehead atoms. The summed E-state index contributed by atoms with van der Waals surface area (Å²) in [7, 11) is 0. The van der Waals surface area contributed by atoms with Gasteiger partial charge in [0.1, 0.15) is 0 Å². The number of guanidine groups is 1. The first kappa shape index (κ1) is 19.9. The minimum absolute atomic E-state index is 0. The molecule has 0 fully saturated rings. The number of hydrogen-bond donors (Lipinski definition) is 2. The van der Waals surface area contributed by atoms with Crippen LogP contribution in [0.15, 0.2) is 23.2 Å². The molecule has 5 nitrogen and oxygen atoms in total. The standard InChI is InChI=1S/C17H27N3O2.HI/c1-3-5-9-19-17(18-4-2)20-13-14-7-8-15-16(12-14)22-11-6-10-21-15;/h7-8,12H,3-6,9-11,13H2,1-2H3,(H2,18,19,20);1H. The maximum Gasteiger partial charge on any atom is 0.191 e. The molecule has 0 amide bonds. The summed E-state index contributed by atoms with van der Waals surface area (Å²) < 4.78 is 11.4. The number of ether oxygens (including phenoxy) is 2. The zero-order valence-electron chi connectivity index (χ0n) is 14.1. The Bertz CT molecular complexity index is 495. The van der Waals surface area contributed by atoms with E-state index in [0.717, 1.165) is 55.6 Å². The topological polar surface area (TPSA) is 54.9 Å². The van der Waals surface area contributed by atoms with Gasteiger partial charge in [0.25, 0.3) is 0 Å². The smallest absolute Gasteiger partial charge is 0.191 e. The molecular formula is C17H28IN3O2. The molecule has 1 aliphatic heterocycles. The van der Waals surface area contributed by atoms with E-state index in [1.807, 2.05) is 18.2 Å². The molecule has 0 aromatic heterocycles. The van der Waals surface area contributed by atoms with Gasteiger partial charge < -0.3 is 20.1 Å². The van der Waals surface area contributed by atoms with Crippen molar-refractivity contribution in [2.75, 3.05) is 26.3 Å². The third kappa shape index (κ3) is 6.85. The molecule has 0 unspecified atom stereocenters.